The van der Waals surface area contributed by atoms with E-state index in [1.807, 2.05) is 6.26 Å². The fourth-order valence-electron chi connectivity index (χ4n) is 2.42. The number of likely N-dealkylation sites (N-methyl/N-ethyl adjacent to an activating group) is 1. The zero-order valence-corrected chi connectivity index (χ0v) is 12.3. The van der Waals surface area contributed by atoms with Crippen LogP contribution in [0.2, 0.25) is 0 Å². The lowest BCUT2D eigenvalue weighted by Gasteiger charge is -2.21. The van der Waals surface area contributed by atoms with E-state index in [9.17, 15) is 4.79 Å². The maximum Gasteiger partial charge on any atom is 0.262 e. The molecule has 96 valence electrons. The van der Waals surface area contributed by atoms with Crippen LogP contribution < -0.4 is 5.56 Å². The number of thiophene rings is 1. The van der Waals surface area contributed by atoms with E-state index in [4.69, 9.17) is 0 Å². The number of hydrogen-bond donors (Lipinski definition) is 0. The Morgan fingerprint density at radius 1 is 1.39 bits per heavy atom. The lowest BCUT2D eigenvalue weighted by atomic mass is 10.1. The Labute approximate surface area is 114 Å². The Balaban J connectivity index is 2.33. The summed E-state index contributed by atoms with van der Waals surface area (Å²) in [7, 11) is 3.92. The van der Waals surface area contributed by atoms with Crippen LogP contribution in [0.3, 0.4) is 0 Å². The molecule has 0 radical (unpaired) electrons. The van der Waals surface area contributed by atoms with E-state index in [-0.39, 0.29) is 5.56 Å². The minimum absolute atomic E-state index is 0.103. The summed E-state index contributed by atoms with van der Waals surface area (Å²) in [6.45, 7) is 1.96. The standard InChI is InChI=1S/C12H15N3OS2/c1-14-5-4-7-8(6-14)18-10-9(7)11(16)15(2)12(13-10)17-3/h4-6H2,1-3H3. The summed E-state index contributed by atoms with van der Waals surface area (Å²) in [5.74, 6) is 0. The summed E-state index contributed by atoms with van der Waals surface area (Å²) >= 11 is 3.20. The van der Waals surface area contributed by atoms with E-state index >= 15 is 0 Å². The van der Waals surface area contributed by atoms with E-state index in [1.54, 1.807) is 23.0 Å². The SMILES string of the molecule is CSc1nc2sc3c(c2c(=O)n1C)CCN(C)C3. The quantitative estimate of drug-likeness (QED) is 0.589. The van der Waals surface area contributed by atoms with Crippen molar-refractivity contribution in [3.63, 3.8) is 0 Å². The van der Waals surface area contributed by atoms with Crippen molar-refractivity contribution in [2.24, 2.45) is 7.05 Å². The first kappa shape index (κ1) is 12.2. The van der Waals surface area contributed by atoms with Gasteiger partial charge in [-0.05, 0) is 25.3 Å². The van der Waals surface area contributed by atoms with Gasteiger partial charge in [-0.15, -0.1) is 11.3 Å². The molecule has 0 saturated heterocycles. The molecule has 0 bridgehead atoms. The number of rotatable bonds is 1. The predicted molar refractivity (Wildman–Crippen MR) is 76.7 cm³/mol. The van der Waals surface area contributed by atoms with Gasteiger partial charge in [0.05, 0.1) is 5.39 Å². The van der Waals surface area contributed by atoms with Gasteiger partial charge in [0, 0.05) is 25.0 Å². The molecule has 2 aromatic heterocycles. The zero-order valence-electron chi connectivity index (χ0n) is 10.7. The van der Waals surface area contributed by atoms with Crippen molar-refractivity contribution < 1.29 is 0 Å². The first-order chi connectivity index (χ1) is 8.61. The average Bonchev–Trinajstić information content (AvgIpc) is 2.70. The van der Waals surface area contributed by atoms with Crippen LogP contribution in [-0.4, -0.2) is 34.3 Å². The van der Waals surface area contributed by atoms with Gasteiger partial charge in [-0.3, -0.25) is 9.36 Å². The van der Waals surface area contributed by atoms with Crippen LogP contribution in [0.15, 0.2) is 9.95 Å². The van der Waals surface area contributed by atoms with Crippen molar-refractivity contribution in [3.05, 3.63) is 20.8 Å². The fraction of sp³-hybridized carbons (Fsp3) is 0.500. The van der Waals surface area contributed by atoms with Gasteiger partial charge in [-0.1, -0.05) is 11.8 Å². The van der Waals surface area contributed by atoms with Crippen LogP contribution in [0.4, 0.5) is 0 Å². The molecule has 0 unspecified atom stereocenters. The molecule has 0 aliphatic carbocycles. The number of thioether (sulfide) groups is 1. The van der Waals surface area contributed by atoms with Gasteiger partial charge < -0.3 is 4.90 Å². The van der Waals surface area contributed by atoms with Crippen LogP contribution >= 0.6 is 23.1 Å². The van der Waals surface area contributed by atoms with E-state index in [2.05, 4.69) is 16.9 Å². The Morgan fingerprint density at radius 3 is 2.89 bits per heavy atom. The minimum Gasteiger partial charge on any atom is -0.301 e. The normalized spacial score (nSPS) is 16.2. The van der Waals surface area contributed by atoms with E-state index in [0.29, 0.717) is 0 Å². The number of aromatic nitrogens is 2. The molecule has 3 rings (SSSR count). The molecule has 18 heavy (non-hydrogen) atoms. The monoisotopic (exact) mass is 281 g/mol. The molecule has 1 aliphatic heterocycles. The minimum atomic E-state index is 0.103. The molecule has 0 saturated carbocycles. The molecular formula is C12H15N3OS2. The molecular weight excluding hydrogens is 266 g/mol. The van der Waals surface area contributed by atoms with Gasteiger partial charge in [0.1, 0.15) is 4.83 Å². The molecule has 0 amide bonds. The fourth-order valence-corrected chi connectivity index (χ4v) is 4.30. The highest BCUT2D eigenvalue weighted by Gasteiger charge is 2.22. The highest BCUT2D eigenvalue weighted by Crippen LogP contribution is 2.32. The van der Waals surface area contributed by atoms with E-state index in [0.717, 1.165) is 34.9 Å². The smallest absolute Gasteiger partial charge is 0.262 e. The van der Waals surface area contributed by atoms with Crippen molar-refractivity contribution in [1.82, 2.24) is 14.5 Å². The van der Waals surface area contributed by atoms with Crippen LogP contribution in [0.5, 0.6) is 0 Å². The summed E-state index contributed by atoms with van der Waals surface area (Å²) in [5, 5.41) is 1.64. The lowest BCUT2D eigenvalue weighted by Crippen LogP contribution is -2.26. The highest BCUT2D eigenvalue weighted by molar-refractivity contribution is 7.98. The molecule has 1 aliphatic rings. The summed E-state index contributed by atoms with van der Waals surface area (Å²) in [6.07, 6.45) is 2.91. The maximum absolute atomic E-state index is 12.4. The first-order valence-electron chi connectivity index (χ1n) is 5.85. The topological polar surface area (TPSA) is 38.1 Å². The summed E-state index contributed by atoms with van der Waals surface area (Å²) < 4.78 is 1.66. The van der Waals surface area contributed by atoms with Gasteiger partial charge in [0.15, 0.2) is 5.16 Å². The Bertz CT molecular complexity index is 674. The lowest BCUT2D eigenvalue weighted by molar-refractivity contribution is 0.318. The second kappa shape index (κ2) is 4.36. The Kier molecular flexibility index (Phi) is 2.96. The number of fused-ring (bicyclic) bond motifs is 3. The Morgan fingerprint density at radius 2 is 2.17 bits per heavy atom. The third kappa shape index (κ3) is 1.71. The van der Waals surface area contributed by atoms with Crippen molar-refractivity contribution >= 4 is 33.3 Å². The largest absolute Gasteiger partial charge is 0.301 e. The van der Waals surface area contributed by atoms with Crippen molar-refractivity contribution in [2.75, 3.05) is 19.8 Å². The molecule has 2 aromatic rings. The number of nitrogens with zero attached hydrogens (tertiary/aromatic N) is 3. The second-order valence-corrected chi connectivity index (χ2v) is 6.49. The summed E-state index contributed by atoms with van der Waals surface area (Å²) in [5.41, 5.74) is 1.33. The van der Waals surface area contributed by atoms with Crippen LogP contribution in [0, 0.1) is 0 Å². The van der Waals surface area contributed by atoms with E-state index in [1.165, 1.54) is 22.2 Å². The summed E-state index contributed by atoms with van der Waals surface area (Å²) in [4.78, 5) is 21.5. The molecule has 0 fully saturated rings. The van der Waals surface area contributed by atoms with E-state index < -0.39 is 0 Å². The molecule has 0 atom stereocenters. The average molecular weight is 281 g/mol. The third-order valence-corrected chi connectivity index (χ3v) is 5.26. The molecule has 4 nitrogen and oxygen atoms in total. The van der Waals surface area contributed by atoms with Crippen molar-refractivity contribution in [2.45, 2.75) is 18.1 Å². The molecule has 0 aromatic carbocycles. The van der Waals surface area contributed by atoms with Gasteiger partial charge in [-0.2, -0.15) is 0 Å². The maximum atomic E-state index is 12.4. The highest BCUT2D eigenvalue weighted by atomic mass is 32.2. The van der Waals surface area contributed by atoms with Gasteiger partial charge in [-0.25, -0.2) is 4.98 Å². The molecule has 0 spiro atoms. The van der Waals surface area contributed by atoms with Crippen LogP contribution in [0.1, 0.15) is 10.4 Å². The Hall–Kier alpha value is -0.850. The van der Waals surface area contributed by atoms with Crippen molar-refractivity contribution in [3.8, 4) is 0 Å². The predicted octanol–water partition coefficient (Wildman–Crippen LogP) is 1.70. The third-order valence-electron chi connectivity index (χ3n) is 3.41. The van der Waals surface area contributed by atoms with Crippen LogP contribution in [0.25, 0.3) is 10.2 Å². The van der Waals surface area contributed by atoms with Crippen LogP contribution in [-0.2, 0) is 20.0 Å². The molecule has 6 heteroatoms. The molecule has 0 N–H and O–H groups in total. The van der Waals surface area contributed by atoms with Gasteiger partial charge >= 0.3 is 0 Å². The number of hydrogen-bond acceptors (Lipinski definition) is 5. The van der Waals surface area contributed by atoms with Gasteiger partial charge in [0.2, 0.25) is 0 Å². The first-order valence-corrected chi connectivity index (χ1v) is 7.89. The van der Waals surface area contributed by atoms with Crippen molar-refractivity contribution in [1.29, 1.82) is 0 Å². The summed E-state index contributed by atoms with van der Waals surface area (Å²) in [6, 6.07) is 0. The van der Waals surface area contributed by atoms with Gasteiger partial charge in [0.25, 0.3) is 5.56 Å². The molecule has 3 heterocycles. The second-order valence-electron chi connectivity index (χ2n) is 4.63. The zero-order chi connectivity index (χ0) is 12.9.